The third-order valence-corrected chi connectivity index (χ3v) is 3.43. The fourth-order valence-electron chi connectivity index (χ4n) is 2.32. The van der Waals surface area contributed by atoms with E-state index in [0.29, 0.717) is 6.42 Å². The monoisotopic (exact) mass is 257 g/mol. The van der Waals surface area contributed by atoms with E-state index in [1.807, 2.05) is 0 Å². The molecule has 1 rings (SSSR count). The largest absolute Gasteiger partial charge is 0.479 e. The normalized spacial score (nSPS) is 18.9. The smallest absolute Gasteiger partial charge is 0.410 e. The Kier molecular flexibility index (Phi) is 3.93. The highest BCUT2D eigenvalue weighted by molar-refractivity contribution is 5.85. The quantitative estimate of drug-likeness (QED) is 0.840. The number of carboxylic acids is 1. The molecule has 1 atom stereocenters. The van der Waals surface area contributed by atoms with E-state index in [9.17, 15) is 14.7 Å². The lowest BCUT2D eigenvalue weighted by Gasteiger charge is -2.38. The maximum absolute atomic E-state index is 12.0. The van der Waals surface area contributed by atoms with Gasteiger partial charge in [-0.25, -0.2) is 9.59 Å². The molecule has 0 spiro atoms. The first-order valence-corrected chi connectivity index (χ1v) is 6.35. The molecule has 0 aliphatic heterocycles. The van der Waals surface area contributed by atoms with E-state index in [4.69, 9.17) is 4.74 Å². The summed E-state index contributed by atoms with van der Waals surface area (Å²) in [4.78, 5) is 24.9. The lowest BCUT2D eigenvalue weighted by Crippen LogP contribution is -2.57. The Bertz CT molecular complexity index is 343. The summed E-state index contributed by atoms with van der Waals surface area (Å²) in [6.45, 7) is 7.10. The number of aliphatic carboxylic acids is 1. The molecule has 0 radical (unpaired) electrons. The average molecular weight is 257 g/mol. The molecule has 5 heteroatoms. The van der Waals surface area contributed by atoms with E-state index in [-0.39, 0.29) is 5.92 Å². The summed E-state index contributed by atoms with van der Waals surface area (Å²) in [6, 6.07) is 0. The van der Waals surface area contributed by atoms with Crippen LogP contribution in [0.3, 0.4) is 0 Å². The predicted octanol–water partition coefficient (Wildman–Crippen LogP) is 2.50. The van der Waals surface area contributed by atoms with Crippen molar-refractivity contribution in [3.63, 3.8) is 0 Å². The molecule has 0 heterocycles. The van der Waals surface area contributed by atoms with Gasteiger partial charge in [-0.3, -0.25) is 4.90 Å². The minimum absolute atomic E-state index is 0.0394. The van der Waals surface area contributed by atoms with Crippen LogP contribution in [0.5, 0.6) is 0 Å². The van der Waals surface area contributed by atoms with E-state index in [2.05, 4.69) is 0 Å². The lowest BCUT2D eigenvalue weighted by molar-refractivity contribution is -0.152. The standard InChI is InChI=1S/C13H23NO4/c1-6-13(10(15)16,9-7-8-9)14(5)11(17)18-12(2,3)4/h9H,6-8H2,1-5H3,(H,15,16). The van der Waals surface area contributed by atoms with Gasteiger partial charge in [0, 0.05) is 7.05 Å². The fraction of sp³-hybridized carbons (Fsp3) is 0.846. The maximum atomic E-state index is 12.0. The van der Waals surface area contributed by atoms with Crippen LogP contribution < -0.4 is 0 Å². The Hall–Kier alpha value is -1.26. The van der Waals surface area contributed by atoms with E-state index >= 15 is 0 Å². The van der Waals surface area contributed by atoms with Crippen LogP contribution in [0.15, 0.2) is 0 Å². The van der Waals surface area contributed by atoms with Crippen molar-refractivity contribution in [1.29, 1.82) is 0 Å². The highest BCUT2D eigenvalue weighted by Crippen LogP contribution is 2.45. The van der Waals surface area contributed by atoms with Crippen LogP contribution in [-0.2, 0) is 9.53 Å². The Balaban J connectivity index is 2.93. The van der Waals surface area contributed by atoms with Gasteiger partial charge in [-0.1, -0.05) is 6.92 Å². The molecule has 1 unspecified atom stereocenters. The highest BCUT2D eigenvalue weighted by Gasteiger charge is 2.55. The first-order valence-electron chi connectivity index (χ1n) is 6.35. The first kappa shape index (κ1) is 14.8. The molecule has 5 nitrogen and oxygen atoms in total. The van der Waals surface area contributed by atoms with Gasteiger partial charge in [0.2, 0.25) is 0 Å². The van der Waals surface area contributed by atoms with Crippen molar-refractivity contribution in [3.8, 4) is 0 Å². The SMILES string of the molecule is CCC(C(=O)O)(C1CC1)N(C)C(=O)OC(C)(C)C. The summed E-state index contributed by atoms with van der Waals surface area (Å²) in [5, 5.41) is 9.50. The molecular formula is C13H23NO4. The van der Waals surface area contributed by atoms with Crippen molar-refractivity contribution < 1.29 is 19.4 Å². The zero-order chi connectivity index (χ0) is 14.1. The summed E-state index contributed by atoms with van der Waals surface area (Å²) in [5.41, 5.74) is -1.74. The van der Waals surface area contributed by atoms with Gasteiger partial charge in [-0.15, -0.1) is 0 Å². The molecule has 18 heavy (non-hydrogen) atoms. The van der Waals surface area contributed by atoms with Crippen molar-refractivity contribution in [2.24, 2.45) is 5.92 Å². The van der Waals surface area contributed by atoms with Crippen LogP contribution in [0.2, 0.25) is 0 Å². The van der Waals surface area contributed by atoms with E-state index < -0.39 is 23.2 Å². The number of rotatable bonds is 4. The number of carboxylic acid groups (broad SMARTS) is 1. The second-order valence-corrected chi connectivity index (χ2v) is 5.90. The van der Waals surface area contributed by atoms with Crippen LogP contribution in [0, 0.1) is 5.92 Å². The van der Waals surface area contributed by atoms with Gasteiger partial charge in [0.1, 0.15) is 11.1 Å². The van der Waals surface area contributed by atoms with Crippen molar-refractivity contribution in [2.75, 3.05) is 7.05 Å². The first-order chi connectivity index (χ1) is 8.15. The van der Waals surface area contributed by atoms with E-state index in [1.54, 1.807) is 27.7 Å². The molecule has 0 aromatic carbocycles. The maximum Gasteiger partial charge on any atom is 0.410 e. The molecule has 0 aromatic rings. The van der Waals surface area contributed by atoms with Gasteiger partial charge in [0.15, 0.2) is 0 Å². The highest BCUT2D eigenvalue weighted by atomic mass is 16.6. The molecule has 1 amide bonds. The Morgan fingerprint density at radius 3 is 2.11 bits per heavy atom. The molecular weight excluding hydrogens is 234 g/mol. The molecule has 1 aliphatic rings. The Morgan fingerprint density at radius 2 is 1.83 bits per heavy atom. The van der Waals surface area contributed by atoms with E-state index in [1.165, 1.54) is 11.9 Å². The van der Waals surface area contributed by atoms with Gasteiger partial charge in [0.25, 0.3) is 0 Å². The van der Waals surface area contributed by atoms with Crippen LogP contribution in [0.4, 0.5) is 4.79 Å². The molecule has 1 saturated carbocycles. The van der Waals surface area contributed by atoms with Gasteiger partial charge in [0.05, 0.1) is 0 Å². The number of amides is 1. The third-order valence-electron chi connectivity index (χ3n) is 3.43. The summed E-state index contributed by atoms with van der Waals surface area (Å²) in [5.74, 6) is -0.904. The minimum Gasteiger partial charge on any atom is -0.479 e. The molecule has 1 N–H and O–H groups in total. The topological polar surface area (TPSA) is 66.8 Å². The van der Waals surface area contributed by atoms with Crippen LogP contribution in [0.1, 0.15) is 47.0 Å². The van der Waals surface area contributed by atoms with Crippen molar-refractivity contribution in [3.05, 3.63) is 0 Å². The summed E-state index contributed by atoms with van der Waals surface area (Å²) in [7, 11) is 1.52. The van der Waals surface area contributed by atoms with Crippen LogP contribution in [0.25, 0.3) is 0 Å². The van der Waals surface area contributed by atoms with Gasteiger partial charge in [-0.05, 0) is 46.0 Å². The Labute approximate surface area is 108 Å². The molecule has 0 bridgehead atoms. The zero-order valence-electron chi connectivity index (χ0n) is 11.8. The molecule has 104 valence electrons. The molecule has 0 saturated heterocycles. The third kappa shape index (κ3) is 2.76. The number of carbonyl (C=O) groups excluding carboxylic acids is 1. The second-order valence-electron chi connectivity index (χ2n) is 5.90. The van der Waals surface area contributed by atoms with Gasteiger partial charge in [-0.2, -0.15) is 0 Å². The summed E-state index contributed by atoms with van der Waals surface area (Å²) < 4.78 is 5.26. The summed E-state index contributed by atoms with van der Waals surface area (Å²) >= 11 is 0. The van der Waals surface area contributed by atoms with E-state index in [0.717, 1.165) is 12.8 Å². The second kappa shape index (κ2) is 4.78. The van der Waals surface area contributed by atoms with Crippen molar-refractivity contribution in [1.82, 2.24) is 4.90 Å². The number of ether oxygens (including phenoxy) is 1. The molecule has 0 aromatic heterocycles. The van der Waals surface area contributed by atoms with Crippen LogP contribution in [-0.4, -0.2) is 40.3 Å². The summed E-state index contributed by atoms with van der Waals surface area (Å²) in [6.07, 6.45) is 1.53. The van der Waals surface area contributed by atoms with Crippen molar-refractivity contribution in [2.45, 2.75) is 58.1 Å². The number of hydrogen-bond donors (Lipinski definition) is 1. The molecule has 1 fully saturated rings. The van der Waals surface area contributed by atoms with Gasteiger partial charge >= 0.3 is 12.1 Å². The zero-order valence-corrected chi connectivity index (χ0v) is 11.8. The van der Waals surface area contributed by atoms with Gasteiger partial charge < -0.3 is 9.84 Å². The fourth-order valence-corrected chi connectivity index (χ4v) is 2.32. The lowest BCUT2D eigenvalue weighted by atomic mass is 9.88. The number of carbonyl (C=O) groups is 2. The van der Waals surface area contributed by atoms with Crippen molar-refractivity contribution >= 4 is 12.1 Å². The average Bonchev–Trinajstić information content (AvgIpc) is 3.00. The minimum atomic E-state index is -1.12. The Morgan fingerprint density at radius 1 is 1.33 bits per heavy atom. The number of likely N-dealkylation sites (N-methyl/N-ethyl adjacent to an activating group) is 1. The number of nitrogens with zero attached hydrogens (tertiary/aromatic N) is 1. The predicted molar refractivity (Wildman–Crippen MR) is 67.4 cm³/mol. The van der Waals surface area contributed by atoms with Crippen LogP contribution >= 0.6 is 0 Å². The molecule has 1 aliphatic carbocycles. The number of hydrogen-bond acceptors (Lipinski definition) is 3.